The van der Waals surface area contributed by atoms with Crippen molar-refractivity contribution in [2.75, 3.05) is 13.2 Å². The van der Waals surface area contributed by atoms with Gasteiger partial charge in [0.1, 0.15) is 12.4 Å². The van der Waals surface area contributed by atoms with E-state index < -0.39 is 0 Å². The molecule has 1 heterocycles. The molecule has 0 radical (unpaired) electrons. The Kier molecular flexibility index (Phi) is 5.58. The minimum atomic E-state index is -0.349. The van der Waals surface area contributed by atoms with E-state index in [2.05, 4.69) is 5.10 Å². The first kappa shape index (κ1) is 14.8. The average Bonchev–Trinajstić information content (AvgIpc) is 2.95. The molecule has 5 heteroatoms. The van der Waals surface area contributed by atoms with Gasteiger partial charge in [0.25, 0.3) is 0 Å². The van der Waals surface area contributed by atoms with Crippen molar-refractivity contribution < 1.29 is 14.3 Å². The predicted octanol–water partition coefficient (Wildman–Crippen LogP) is 2.54. The Bertz CT molecular complexity index is 591. The summed E-state index contributed by atoms with van der Waals surface area (Å²) in [5.41, 5.74) is 0.850. The number of rotatable bonds is 7. The van der Waals surface area contributed by atoms with E-state index >= 15 is 0 Å². The van der Waals surface area contributed by atoms with Crippen LogP contribution in [0.3, 0.4) is 0 Å². The Morgan fingerprint density at radius 3 is 2.90 bits per heavy atom. The fourth-order valence-corrected chi connectivity index (χ4v) is 1.72. The molecule has 0 N–H and O–H groups in total. The van der Waals surface area contributed by atoms with E-state index in [0.29, 0.717) is 19.8 Å². The smallest absolute Gasteiger partial charge is 0.330 e. The highest BCUT2D eigenvalue weighted by Crippen LogP contribution is 2.08. The standard InChI is InChI=1S/C16H18N2O3/c1-2-20-16(19)9-8-14-12-17-18(13-14)10-11-21-15-6-4-3-5-7-15/h3-9,12-13H,2,10-11H2,1H3/b9-8+. The molecule has 0 saturated carbocycles. The summed E-state index contributed by atoms with van der Waals surface area (Å²) in [6.45, 7) is 3.32. The molecule has 0 bridgehead atoms. The van der Waals surface area contributed by atoms with Gasteiger partial charge in [0.15, 0.2) is 0 Å². The lowest BCUT2D eigenvalue weighted by Gasteiger charge is -2.05. The van der Waals surface area contributed by atoms with E-state index in [1.807, 2.05) is 36.5 Å². The minimum Gasteiger partial charge on any atom is -0.492 e. The minimum absolute atomic E-state index is 0.349. The molecule has 0 spiro atoms. The number of esters is 1. The first-order chi connectivity index (χ1) is 10.3. The van der Waals surface area contributed by atoms with Gasteiger partial charge in [-0.1, -0.05) is 18.2 Å². The van der Waals surface area contributed by atoms with Crippen LogP contribution >= 0.6 is 0 Å². The number of nitrogens with zero attached hydrogens (tertiary/aromatic N) is 2. The van der Waals surface area contributed by atoms with Crippen molar-refractivity contribution in [1.82, 2.24) is 9.78 Å². The maximum absolute atomic E-state index is 11.2. The summed E-state index contributed by atoms with van der Waals surface area (Å²) in [6.07, 6.45) is 6.62. The molecule has 0 saturated heterocycles. The third kappa shape index (κ3) is 5.14. The van der Waals surface area contributed by atoms with Gasteiger partial charge in [-0.15, -0.1) is 0 Å². The van der Waals surface area contributed by atoms with Crippen LogP contribution in [0.4, 0.5) is 0 Å². The number of hydrogen-bond donors (Lipinski definition) is 0. The Labute approximate surface area is 123 Å². The second-order valence-corrected chi connectivity index (χ2v) is 4.28. The molecule has 2 aromatic rings. The van der Waals surface area contributed by atoms with Crippen LogP contribution in [-0.4, -0.2) is 29.0 Å². The van der Waals surface area contributed by atoms with E-state index in [1.165, 1.54) is 6.08 Å². The first-order valence-corrected chi connectivity index (χ1v) is 6.83. The lowest BCUT2D eigenvalue weighted by Crippen LogP contribution is -2.08. The zero-order valence-corrected chi connectivity index (χ0v) is 11.9. The predicted molar refractivity (Wildman–Crippen MR) is 79.8 cm³/mol. The molecule has 0 amide bonds. The molecule has 0 unspecified atom stereocenters. The van der Waals surface area contributed by atoms with Crippen molar-refractivity contribution in [2.24, 2.45) is 0 Å². The Balaban J connectivity index is 1.79. The fourth-order valence-electron chi connectivity index (χ4n) is 1.72. The normalized spacial score (nSPS) is 10.7. The van der Waals surface area contributed by atoms with Crippen LogP contribution in [0.2, 0.25) is 0 Å². The number of para-hydroxylation sites is 1. The van der Waals surface area contributed by atoms with Gasteiger partial charge < -0.3 is 9.47 Å². The van der Waals surface area contributed by atoms with E-state index in [-0.39, 0.29) is 5.97 Å². The van der Waals surface area contributed by atoms with Crippen LogP contribution in [-0.2, 0) is 16.1 Å². The molecule has 2 rings (SSSR count). The van der Waals surface area contributed by atoms with Gasteiger partial charge in [-0.3, -0.25) is 4.68 Å². The summed E-state index contributed by atoms with van der Waals surface area (Å²) in [4.78, 5) is 11.2. The van der Waals surface area contributed by atoms with Crippen LogP contribution in [0, 0.1) is 0 Å². The van der Waals surface area contributed by atoms with Crippen LogP contribution in [0.1, 0.15) is 12.5 Å². The summed E-state index contributed by atoms with van der Waals surface area (Å²) in [7, 11) is 0. The van der Waals surface area contributed by atoms with E-state index in [0.717, 1.165) is 11.3 Å². The quantitative estimate of drug-likeness (QED) is 0.580. The van der Waals surface area contributed by atoms with Crippen molar-refractivity contribution in [3.05, 3.63) is 54.4 Å². The third-order valence-electron chi connectivity index (χ3n) is 2.68. The van der Waals surface area contributed by atoms with Crippen molar-refractivity contribution in [3.63, 3.8) is 0 Å². The maximum Gasteiger partial charge on any atom is 0.330 e. The molecule has 0 atom stereocenters. The number of benzene rings is 1. The van der Waals surface area contributed by atoms with Gasteiger partial charge >= 0.3 is 5.97 Å². The molecule has 0 aliphatic heterocycles. The highest BCUT2D eigenvalue weighted by atomic mass is 16.5. The lowest BCUT2D eigenvalue weighted by atomic mass is 10.3. The highest BCUT2D eigenvalue weighted by molar-refractivity contribution is 5.86. The summed E-state index contributed by atoms with van der Waals surface area (Å²) >= 11 is 0. The highest BCUT2D eigenvalue weighted by Gasteiger charge is 1.98. The van der Waals surface area contributed by atoms with Gasteiger partial charge in [-0.05, 0) is 25.1 Å². The van der Waals surface area contributed by atoms with Gasteiger partial charge in [0.05, 0.1) is 19.3 Å². The van der Waals surface area contributed by atoms with Gasteiger partial charge in [0.2, 0.25) is 0 Å². The van der Waals surface area contributed by atoms with E-state index in [4.69, 9.17) is 9.47 Å². The molecular weight excluding hydrogens is 268 g/mol. The molecule has 0 aliphatic rings. The number of carbonyl (C=O) groups excluding carboxylic acids is 1. The zero-order valence-electron chi connectivity index (χ0n) is 11.9. The van der Waals surface area contributed by atoms with Crippen LogP contribution in [0.15, 0.2) is 48.8 Å². The molecule has 0 fully saturated rings. The topological polar surface area (TPSA) is 53.3 Å². The maximum atomic E-state index is 11.2. The summed E-state index contributed by atoms with van der Waals surface area (Å²) in [5.74, 6) is 0.491. The van der Waals surface area contributed by atoms with Crippen molar-refractivity contribution >= 4 is 12.0 Å². The molecule has 5 nitrogen and oxygen atoms in total. The molecule has 21 heavy (non-hydrogen) atoms. The second kappa shape index (κ2) is 7.89. The van der Waals surface area contributed by atoms with Crippen molar-refractivity contribution in [1.29, 1.82) is 0 Å². The van der Waals surface area contributed by atoms with E-state index in [9.17, 15) is 4.79 Å². The molecule has 0 aliphatic carbocycles. The lowest BCUT2D eigenvalue weighted by molar-refractivity contribution is -0.137. The van der Waals surface area contributed by atoms with E-state index in [1.54, 1.807) is 23.9 Å². The summed E-state index contributed by atoms with van der Waals surface area (Å²) in [6, 6.07) is 9.64. The van der Waals surface area contributed by atoms with Crippen LogP contribution in [0.5, 0.6) is 5.75 Å². The number of carbonyl (C=O) groups is 1. The zero-order chi connectivity index (χ0) is 14.9. The molecular formula is C16H18N2O3. The Morgan fingerprint density at radius 1 is 1.33 bits per heavy atom. The van der Waals surface area contributed by atoms with Gasteiger partial charge in [0, 0.05) is 17.8 Å². The van der Waals surface area contributed by atoms with Crippen molar-refractivity contribution in [2.45, 2.75) is 13.5 Å². The number of ether oxygens (including phenoxy) is 2. The second-order valence-electron chi connectivity index (χ2n) is 4.28. The summed E-state index contributed by atoms with van der Waals surface area (Å²) in [5, 5.41) is 4.20. The molecule has 110 valence electrons. The Morgan fingerprint density at radius 2 is 2.14 bits per heavy atom. The van der Waals surface area contributed by atoms with Crippen LogP contribution in [0.25, 0.3) is 6.08 Å². The largest absolute Gasteiger partial charge is 0.492 e. The fraction of sp³-hybridized carbons (Fsp3) is 0.250. The van der Waals surface area contributed by atoms with Crippen LogP contribution < -0.4 is 4.74 Å². The number of aromatic nitrogens is 2. The monoisotopic (exact) mass is 286 g/mol. The van der Waals surface area contributed by atoms with Gasteiger partial charge in [-0.2, -0.15) is 5.10 Å². The molecule has 1 aromatic carbocycles. The molecule has 1 aromatic heterocycles. The average molecular weight is 286 g/mol. The number of hydrogen-bond acceptors (Lipinski definition) is 4. The van der Waals surface area contributed by atoms with Gasteiger partial charge in [-0.25, -0.2) is 4.79 Å². The summed E-state index contributed by atoms with van der Waals surface area (Å²) < 4.78 is 12.2. The SMILES string of the molecule is CCOC(=O)/C=C/c1cnn(CCOc2ccccc2)c1. The first-order valence-electron chi connectivity index (χ1n) is 6.83. The third-order valence-corrected chi connectivity index (χ3v) is 2.68. The Hall–Kier alpha value is -2.56. The van der Waals surface area contributed by atoms with Crippen molar-refractivity contribution in [3.8, 4) is 5.75 Å².